The Labute approximate surface area is 87.1 Å². The summed E-state index contributed by atoms with van der Waals surface area (Å²) >= 11 is 5.32. The van der Waals surface area contributed by atoms with Crippen LogP contribution in [0.4, 0.5) is 0 Å². The van der Waals surface area contributed by atoms with Gasteiger partial charge in [0.2, 0.25) is 5.24 Å². The molecular formula is C10H11ClO3. The van der Waals surface area contributed by atoms with E-state index in [0.717, 1.165) is 0 Å². The van der Waals surface area contributed by atoms with Gasteiger partial charge in [0.1, 0.15) is 0 Å². The minimum atomic E-state index is -1.77. The Kier molecular flexibility index (Phi) is 2.92. The summed E-state index contributed by atoms with van der Waals surface area (Å²) in [5.74, 6) is -1.46. The monoisotopic (exact) mass is 214 g/mol. The lowest BCUT2D eigenvalue weighted by Gasteiger charge is -2.32. The van der Waals surface area contributed by atoms with E-state index in [4.69, 9.17) is 11.6 Å². The second-order valence-electron chi connectivity index (χ2n) is 3.34. The van der Waals surface area contributed by atoms with E-state index >= 15 is 0 Å². The highest BCUT2D eigenvalue weighted by atomic mass is 35.5. The fourth-order valence-corrected chi connectivity index (χ4v) is 1.79. The van der Waals surface area contributed by atoms with Gasteiger partial charge < -0.3 is 5.11 Å². The van der Waals surface area contributed by atoms with Crippen LogP contribution in [0.5, 0.6) is 0 Å². The SMILES string of the molecule is CC(=O)C1(O)C(C)=CC=CC1C(=O)Cl. The third-order valence-electron chi connectivity index (χ3n) is 2.48. The molecule has 2 unspecified atom stereocenters. The number of rotatable bonds is 2. The summed E-state index contributed by atoms with van der Waals surface area (Å²) in [6.45, 7) is 2.83. The predicted octanol–water partition coefficient (Wildman–Crippen LogP) is 1.20. The molecule has 0 aliphatic heterocycles. The van der Waals surface area contributed by atoms with E-state index in [1.165, 1.54) is 13.0 Å². The first kappa shape index (κ1) is 11.1. The maximum absolute atomic E-state index is 11.3. The molecule has 76 valence electrons. The molecule has 0 aromatic carbocycles. The van der Waals surface area contributed by atoms with Gasteiger partial charge in [-0.05, 0) is 31.0 Å². The number of carbonyl (C=O) groups excluding carboxylic acids is 2. The van der Waals surface area contributed by atoms with E-state index < -0.39 is 22.5 Å². The van der Waals surface area contributed by atoms with Crippen molar-refractivity contribution in [2.24, 2.45) is 5.92 Å². The minimum absolute atomic E-state index is 0.437. The van der Waals surface area contributed by atoms with Crippen molar-refractivity contribution in [2.45, 2.75) is 19.4 Å². The second kappa shape index (κ2) is 3.67. The summed E-state index contributed by atoms with van der Waals surface area (Å²) in [5, 5.41) is 9.34. The Morgan fingerprint density at radius 2 is 2.14 bits per heavy atom. The number of halogens is 1. The van der Waals surface area contributed by atoms with Crippen LogP contribution in [0, 0.1) is 5.92 Å². The van der Waals surface area contributed by atoms with E-state index in [1.807, 2.05) is 0 Å². The van der Waals surface area contributed by atoms with Crippen LogP contribution >= 0.6 is 11.6 Å². The van der Waals surface area contributed by atoms with Gasteiger partial charge in [-0.15, -0.1) is 0 Å². The number of ketones is 1. The summed E-state index contributed by atoms with van der Waals surface area (Å²) in [6, 6.07) is 0. The third kappa shape index (κ3) is 1.53. The lowest BCUT2D eigenvalue weighted by molar-refractivity contribution is -0.139. The average molecular weight is 215 g/mol. The van der Waals surface area contributed by atoms with E-state index in [0.29, 0.717) is 5.57 Å². The van der Waals surface area contributed by atoms with Gasteiger partial charge in [0, 0.05) is 0 Å². The highest BCUT2D eigenvalue weighted by Crippen LogP contribution is 2.33. The maximum atomic E-state index is 11.3. The fraction of sp³-hybridized carbons (Fsp3) is 0.400. The molecule has 1 aliphatic carbocycles. The summed E-state index contributed by atoms with van der Waals surface area (Å²) in [4.78, 5) is 22.3. The molecule has 1 aliphatic rings. The van der Waals surface area contributed by atoms with E-state index in [2.05, 4.69) is 0 Å². The molecule has 0 bridgehead atoms. The van der Waals surface area contributed by atoms with Crippen LogP contribution in [0.1, 0.15) is 13.8 Å². The third-order valence-corrected chi connectivity index (χ3v) is 2.72. The van der Waals surface area contributed by atoms with Gasteiger partial charge in [0.25, 0.3) is 0 Å². The van der Waals surface area contributed by atoms with Gasteiger partial charge in [0.05, 0.1) is 5.92 Å². The number of aliphatic hydroxyl groups is 1. The summed E-state index contributed by atoms with van der Waals surface area (Å²) in [6.07, 6.45) is 4.64. The Balaban J connectivity index is 3.22. The van der Waals surface area contributed by atoms with E-state index in [9.17, 15) is 14.7 Å². The lowest BCUT2D eigenvalue weighted by atomic mass is 9.76. The molecule has 0 amide bonds. The Morgan fingerprint density at radius 3 is 2.50 bits per heavy atom. The number of carbonyl (C=O) groups is 2. The number of hydrogen-bond acceptors (Lipinski definition) is 3. The highest BCUT2D eigenvalue weighted by molar-refractivity contribution is 6.64. The molecule has 0 saturated heterocycles. The van der Waals surface area contributed by atoms with Crippen molar-refractivity contribution < 1.29 is 14.7 Å². The molecule has 14 heavy (non-hydrogen) atoms. The fourth-order valence-electron chi connectivity index (χ4n) is 1.56. The molecular weight excluding hydrogens is 204 g/mol. The van der Waals surface area contributed by atoms with Crippen molar-refractivity contribution in [1.29, 1.82) is 0 Å². The standard InChI is InChI=1S/C10H11ClO3/c1-6-4-3-5-8(9(11)13)10(6,14)7(2)12/h3-5,8,14H,1-2H3. The van der Waals surface area contributed by atoms with Gasteiger partial charge in [-0.3, -0.25) is 9.59 Å². The summed E-state index contributed by atoms with van der Waals surface area (Å²) < 4.78 is 0. The molecule has 0 spiro atoms. The van der Waals surface area contributed by atoms with E-state index in [1.54, 1.807) is 19.1 Å². The number of hydrogen-bond donors (Lipinski definition) is 1. The van der Waals surface area contributed by atoms with Crippen LogP contribution in [-0.4, -0.2) is 21.7 Å². The first-order chi connectivity index (χ1) is 6.40. The highest BCUT2D eigenvalue weighted by Gasteiger charge is 2.45. The molecule has 4 heteroatoms. The van der Waals surface area contributed by atoms with Crippen molar-refractivity contribution in [3.8, 4) is 0 Å². The van der Waals surface area contributed by atoms with Crippen LogP contribution in [-0.2, 0) is 9.59 Å². The van der Waals surface area contributed by atoms with Crippen LogP contribution in [0.15, 0.2) is 23.8 Å². The molecule has 1 rings (SSSR count). The smallest absolute Gasteiger partial charge is 0.232 e. The van der Waals surface area contributed by atoms with Gasteiger partial charge in [-0.2, -0.15) is 0 Å². The average Bonchev–Trinajstić information content (AvgIpc) is 2.08. The molecule has 0 heterocycles. The summed E-state index contributed by atoms with van der Waals surface area (Å²) in [7, 11) is 0. The quantitative estimate of drug-likeness (QED) is 0.703. The zero-order chi connectivity index (χ0) is 10.9. The Morgan fingerprint density at radius 1 is 1.57 bits per heavy atom. The Hall–Kier alpha value is -0.930. The van der Waals surface area contributed by atoms with Gasteiger partial charge in [-0.1, -0.05) is 18.2 Å². The zero-order valence-electron chi connectivity index (χ0n) is 7.95. The van der Waals surface area contributed by atoms with E-state index in [-0.39, 0.29) is 0 Å². The topological polar surface area (TPSA) is 54.4 Å². The number of allylic oxidation sites excluding steroid dienone is 2. The van der Waals surface area contributed by atoms with Crippen molar-refractivity contribution in [3.63, 3.8) is 0 Å². The molecule has 0 saturated carbocycles. The molecule has 0 aromatic rings. The molecule has 2 atom stereocenters. The van der Waals surface area contributed by atoms with Crippen LogP contribution in [0.25, 0.3) is 0 Å². The molecule has 0 fully saturated rings. The molecule has 0 radical (unpaired) electrons. The molecule has 3 nitrogen and oxygen atoms in total. The first-order valence-electron chi connectivity index (χ1n) is 4.19. The van der Waals surface area contributed by atoms with Crippen molar-refractivity contribution >= 4 is 22.6 Å². The molecule has 1 N–H and O–H groups in total. The first-order valence-corrected chi connectivity index (χ1v) is 4.56. The van der Waals surface area contributed by atoms with Crippen molar-refractivity contribution in [1.82, 2.24) is 0 Å². The van der Waals surface area contributed by atoms with Crippen molar-refractivity contribution in [3.05, 3.63) is 23.8 Å². The van der Waals surface area contributed by atoms with Gasteiger partial charge >= 0.3 is 0 Å². The van der Waals surface area contributed by atoms with Gasteiger partial charge in [-0.25, -0.2) is 0 Å². The van der Waals surface area contributed by atoms with Crippen LogP contribution < -0.4 is 0 Å². The van der Waals surface area contributed by atoms with Crippen LogP contribution in [0.2, 0.25) is 0 Å². The molecule has 0 aromatic heterocycles. The minimum Gasteiger partial charge on any atom is -0.376 e. The Bertz CT molecular complexity index is 343. The maximum Gasteiger partial charge on any atom is 0.232 e. The van der Waals surface area contributed by atoms with Crippen LogP contribution in [0.3, 0.4) is 0 Å². The van der Waals surface area contributed by atoms with Gasteiger partial charge in [0.15, 0.2) is 11.4 Å². The summed E-state index contributed by atoms with van der Waals surface area (Å²) in [5.41, 5.74) is -1.33. The lowest BCUT2D eigenvalue weighted by Crippen LogP contribution is -2.48. The number of Topliss-reactive ketones (excluding diaryl/α,β-unsaturated/α-hetero) is 1. The largest absolute Gasteiger partial charge is 0.376 e. The normalized spacial score (nSPS) is 31.1. The second-order valence-corrected chi connectivity index (χ2v) is 3.71. The predicted molar refractivity (Wildman–Crippen MR) is 52.9 cm³/mol. The zero-order valence-corrected chi connectivity index (χ0v) is 8.71. The van der Waals surface area contributed by atoms with Crippen molar-refractivity contribution in [2.75, 3.05) is 0 Å².